The Labute approximate surface area is 146 Å². The summed E-state index contributed by atoms with van der Waals surface area (Å²) in [5.74, 6) is 3.94. The monoisotopic (exact) mass is 339 g/mol. The number of nitrogens with zero attached hydrogens (tertiary/aromatic N) is 5. The lowest BCUT2D eigenvalue weighted by Crippen LogP contribution is -2.19. The summed E-state index contributed by atoms with van der Waals surface area (Å²) in [6, 6.07) is 5.83. The molecule has 0 spiro atoms. The number of rotatable bonds is 6. The Morgan fingerprint density at radius 2 is 2.04 bits per heavy atom. The van der Waals surface area contributed by atoms with Crippen LogP contribution >= 0.6 is 0 Å². The predicted molar refractivity (Wildman–Crippen MR) is 94.4 cm³/mol. The zero-order valence-corrected chi connectivity index (χ0v) is 14.6. The van der Waals surface area contributed by atoms with Gasteiger partial charge in [0, 0.05) is 43.5 Å². The van der Waals surface area contributed by atoms with Crippen molar-refractivity contribution in [3.05, 3.63) is 42.0 Å². The Hall–Kier alpha value is -2.83. The number of benzene rings is 1. The first kappa shape index (κ1) is 15.7. The molecule has 0 aliphatic heterocycles. The van der Waals surface area contributed by atoms with Crippen LogP contribution in [0.15, 0.2) is 30.6 Å². The van der Waals surface area contributed by atoms with Gasteiger partial charge in [-0.2, -0.15) is 0 Å². The van der Waals surface area contributed by atoms with Crippen LogP contribution < -0.4 is 14.4 Å². The van der Waals surface area contributed by atoms with Crippen molar-refractivity contribution in [3.63, 3.8) is 0 Å². The van der Waals surface area contributed by atoms with Gasteiger partial charge in [-0.15, -0.1) is 10.2 Å². The second-order valence-electron chi connectivity index (χ2n) is 6.31. The van der Waals surface area contributed by atoms with Crippen LogP contribution in [0, 0.1) is 0 Å². The molecule has 1 aliphatic rings. The molecule has 1 saturated carbocycles. The molecule has 1 fully saturated rings. The minimum Gasteiger partial charge on any atom is -0.497 e. The van der Waals surface area contributed by atoms with E-state index in [4.69, 9.17) is 9.47 Å². The Morgan fingerprint density at radius 3 is 2.76 bits per heavy atom. The van der Waals surface area contributed by atoms with Gasteiger partial charge in [0.25, 0.3) is 0 Å². The Morgan fingerprint density at radius 1 is 1.20 bits per heavy atom. The normalized spacial score (nSPS) is 13.9. The second-order valence-corrected chi connectivity index (χ2v) is 6.31. The maximum absolute atomic E-state index is 5.50. The number of ether oxygens (including phenoxy) is 2. The lowest BCUT2D eigenvalue weighted by Gasteiger charge is -2.20. The van der Waals surface area contributed by atoms with Crippen LogP contribution in [0.4, 0.5) is 5.82 Å². The van der Waals surface area contributed by atoms with Crippen LogP contribution in [0.2, 0.25) is 0 Å². The summed E-state index contributed by atoms with van der Waals surface area (Å²) >= 11 is 0. The van der Waals surface area contributed by atoms with Crippen molar-refractivity contribution in [1.82, 2.24) is 19.6 Å². The minimum absolute atomic E-state index is 0.539. The standard InChI is InChI=1S/C18H21N5O2/c1-22(11-13-6-7-14(24-2)10-15(13)25-3)17-18-21-20-16(12-4-5-12)23(18)9-8-19-17/h6-10,12H,4-5,11H2,1-3H3. The number of aromatic nitrogens is 4. The van der Waals surface area contributed by atoms with E-state index >= 15 is 0 Å². The molecule has 0 bridgehead atoms. The highest BCUT2D eigenvalue weighted by Gasteiger charge is 2.29. The van der Waals surface area contributed by atoms with E-state index < -0.39 is 0 Å². The van der Waals surface area contributed by atoms with Gasteiger partial charge in [-0.3, -0.25) is 4.40 Å². The van der Waals surface area contributed by atoms with Gasteiger partial charge in [-0.05, 0) is 25.0 Å². The van der Waals surface area contributed by atoms with Crippen molar-refractivity contribution >= 4 is 11.5 Å². The fraction of sp³-hybridized carbons (Fsp3) is 0.389. The quantitative estimate of drug-likeness (QED) is 0.688. The predicted octanol–water partition coefficient (Wildman–Crippen LogP) is 2.66. The van der Waals surface area contributed by atoms with Crippen LogP contribution in [0.25, 0.3) is 5.65 Å². The summed E-state index contributed by atoms with van der Waals surface area (Å²) in [6.07, 6.45) is 6.13. The van der Waals surface area contributed by atoms with Crippen LogP contribution in [0.5, 0.6) is 11.5 Å². The fourth-order valence-corrected chi connectivity index (χ4v) is 3.03. The number of methoxy groups -OCH3 is 2. The summed E-state index contributed by atoms with van der Waals surface area (Å²) in [7, 11) is 5.31. The Kier molecular flexibility index (Phi) is 3.91. The third kappa shape index (κ3) is 2.86. The third-order valence-electron chi connectivity index (χ3n) is 4.54. The van der Waals surface area contributed by atoms with Gasteiger partial charge in [0.1, 0.15) is 17.3 Å². The molecule has 0 N–H and O–H groups in total. The SMILES string of the molecule is COc1ccc(CN(C)c2nccn3c(C4CC4)nnc23)c(OC)c1. The van der Waals surface area contributed by atoms with Crippen molar-refractivity contribution in [3.8, 4) is 11.5 Å². The number of fused-ring (bicyclic) bond motifs is 1. The van der Waals surface area contributed by atoms with Crippen molar-refractivity contribution in [2.75, 3.05) is 26.2 Å². The summed E-state index contributed by atoms with van der Waals surface area (Å²) in [5.41, 5.74) is 1.84. The lowest BCUT2D eigenvalue weighted by molar-refractivity contribution is 0.391. The average molecular weight is 339 g/mol. The molecule has 0 saturated heterocycles. The van der Waals surface area contributed by atoms with Gasteiger partial charge >= 0.3 is 0 Å². The van der Waals surface area contributed by atoms with Gasteiger partial charge in [-0.25, -0.2) is 4.98 Å². The Bertz CT molecular complexity index is 904. The fourth-order valence-electron chi connectivity index (χ4n) is 3.03. The smallest absolute Gasteiger partial charge is 0.203 e. The van der Waals surface area contributed by atoms with Crippen LogP contribution in [0.3, 0.4) is 0 Å². The van der Waals surface area contributed by atoms with E-state index in [0.29, 0.717) is 12.5 Å². The number of anilines is 1. The molecule has 1 aliphatic carbocycles. The van der Waals surface area contributed by atoms with E-state index in [0.717, 1.165) is 34.4 Å². The van der Waals surface area contributed by atoms with Gasteiger partial charge in [-0.1, -0.05) is 0 Å². The molecular weight excluding hydrogens is 318 g/mol. The second kappa shape index (κ2) is 6.23. The van der Waals surface area contributed by atoms with Gasteiger partial charge in [0.05, 0.1) is 14.2 Å². The Balaban J connectivity index is 1.65. The largest absolute Gasteiger partial charge is 0.497 e. The molecule has 25 heavy (non-hydrogen) atoms. The number of hydrogen-bond acceptors (Lipinski definition) is 6. The third-order valence-corrected chi connectivity index (χ3v) is 4.54. The van der Waals surface area contributed by atoms with Crippen molar-refractivity contribution in [1.29, 1.82) is 0 Å². The maximum Gasteiger partial charge on any atom is 0.203 e. The van der Waals surface area contributed by atoms with E-state index in [1.165, 1.54) is 12.8 Å². The van der Waals surface area contributed by atoms with E-state index in [1.807, 2.05) is 31.4 Å². The minimum atomic E-state index is 0.539. The van der Waals surface area contributed by atoms with Crippen molar-refractivity contribution in [2.45, 2.75) is 25.3 Å². The molecule has 0 atom stereocenters. The zero-order chi connectivity index (χ0) is 17.4. The molecule has 7 heteroatoms. The van der Waals surface area contributed by atoms with Gasteiger partial charge in [0.15, 0.2) is 5.82 Å². The molecular formula is C18H21N5O2. The summed E-state index contributed by atoms with van der Waals surface area (Å²) in [6.45, 7) is 0.644. The van der Waals surface area contributed by atoms with Crippen molar-refractivity contribution < 1.29 is 9.47 Å². The van der Waals surface area contributed by atoms with E-state index in [-0.39, 0.29) is 0 Å². The van der Waals surface area contributed by atoms with Crippen LogP contribution in [-0.2, 0) is 6.54 Å². The van der Waals surface area contributed by atoms with Crippen molar-refractivity contribution in [2.24, 2.45) is 0 Å². The molecule has 4 rings (SSSR count). The molecule has 130 valence electrons. The first-order chi connectivity index (χ1) is 12.2. The van der Waals surface area contributed by atoms with E-state index in [2.05, 4.69) is 24.5 Å². The summed E-state index contributed by atoms with van der Waals surface area (Å²) < 4.78 is 12.8. The average Bonchev–Trinajstić information content (AvgIpc) is 3.40. The maximum atomic E-state index is 5.50. The van der Waals surface area contributed by atoms with Gasteiger partial charge < -0.3 is 14.4 Å². The highest BCUT2D eigenvalue weighted by molar-refractivity contribution is 5.64. The molecule has 7 nitrogen and oxygen atoms in total. The van der Waals surface area contributed by atoms with Crippen LogP contribution in [0.1, 0.15) is 30.1 Å². The van der Waals surface area contributed by atoms with E-state index in [1.54, 1.807) is 20.4 Å². The highest BCUT2D eigenvalue weighted by Crippen LogP contribution is 2.39. The highest BCUT2D eigenvalue weighted by atomic mass is 16.5. The van der Waals surface area contributed by atoms with E-state index in [9.17, 15) is 0 Å². The first-order valence-electron chi connectivity index (χ1n) is 8.33. The molecule has 3 aromatic rings. The van der Waals surface area contributed by atoms with Gasteiger partial charge in [0.2, 0.25) is 5.65 Å². The first-order valence-corrected chi connectivity index (χ1v) is 8.33. The molecule has 2 heterocycles. The summed E-state index contributed by atoms with van der Waals surface area (Å²) in [5, 5.41) is 8.74. The number of hydrogen-bond donors (Lipinski definition) is 0. The van der Waals surface area contributed by atoms with Crippen LogP contribution in [-0.4, -0.2) is 40.8 Å². The molecule has 1 aromatic carbocycles. The molecule has 0 amide bonds. The zero-order valence-electron chi connectivity index (χ0n) is 14.6. The molecule has 0 unspecified atom stereocenters. The molecule has 2 aromatic heterocycles. The topological polar surface area (TPSA) is 64.8 Å². The molecule has 0 radical (unpaired) electrons. The lowest BCUT2D eigenvalue weighted by atomic mass is 10.2. The summed E-state index contributed by atoms with van der Waals surface area (Å²) in [4.78, 5) is 6.58.